The van der Waals surface area contributed by atoms with Crippen molar-refractivity contribution in [1.82, 2.24) is 5.43 Å². The van der Waals surface area contributed by atoms with Gasteiger partial charge in [-0.1, -0.05) is 23.9 Å². The average Bonchev–Trinajstić information content (AvgIpc) is 2.51. The van der Waals surface area contributed by atoms with Crippen LogP contribution in [0.1, 0.15) is 11.1 Å². The van der Waals surface area contributed by atoms with Crippen molar-refractivity contribution in [3.05, 3.63) is 65.2 Å². The molecule has 0 fully saturated rings. The summed E-state index contributed by atoms with van der Waals surface area (Å²) in [6, 6.07) is 11.1. The molecule has 6 heteroatoms. The van der Waals surface area contributed by atoms with E-state index < -0.39 is 11.6 Å². The minimum Gasteiger partial charge on any atom is -0.255 e. The Labute approximate surface area is 131 Å². The lowest BCUT2D eigenvalue weighted by Gasteiger charge is -2.15. The first-order valence-corrected chi connectivity index (χ1v) is 7.66. The first-order chi connectivity index (χ1) is 10.6. The van der Waals surface area contributed by atoms with Gasteiger partial charge in [0.25, 0.3) is 0 Å². The van der Waals surface area contributed by atoms with Gasteiger partial charge in [0.15, 0.2) is 5.17 Å². The maximum Gasteiger partial charge on any atom is 0.182 e. The van der Waals surface area contributed by atoms with Gasteiger partial charge in [0.2, 0.25) is 0 Å². The van der Waals surface area contributed by atoms with Crippen LogP contribution in [0, 0.1) is 18.6 Å². The van der Waals surface area contributed by atoms with Crippen molar-refractivity contribution in [1.29, 1.82) is 0 Å². The van der Waals surface area contributed by atoms with Crippen LogP contribution in [0.5, 0.6) is 0 Å². The Morgan fingerprint density at radius 1 is 1.18 bits per heavy atom. The second-order valence-corrected chi connectivity index (χ2v) is 5.80. The quantitative estimate of drug-likeness (QED) is 0.909. The standard InChI is InChI=1S/C16H13F2N3S/c1-10-3-2-4-12(7-10)19-16-21-20-15(9-22-16)13-8-11(17)5-6-14(13)18/h2-8H,9H2,1H3,(H,19,21). The minimum atomic E-state index is -0.485. The molecule has 1 aliphatic heterocycles. The molecule has 0 radical (unpaired) electrons. The van der Waals surface area contributed by atoms with Gasteiger partial charge < -0.3 is 0 Å². The Kier molecular flexibility index (Phi) is 4.20. The smallest absolute Gasteiger partial charge is 0.182 e. The molecular formula is C16H13F2N3S. The molecule has 0 aliphatic carbocycles. The van der Waals surface area contributed by atoms with Gasteiger partial charge in [0.05, 0.1) is 11.4 Å². The van der Waals surface area contributed by atoms with Gasteiger partial charge >= 0.3 is 0 Å². The van der Waals surface area contributed by atoms with E-state index in [0.29, 0.717) is 16.6 Å². The summed E-state index contributed by atoms with van der Waals surface area (Å²) < 4.78 is 27.0. The second-order valence-electron chi connectivity index (χ2n) is 4.84. The molecule has 0 aromatic heterocycles. The Balaban J connectivity index is 1.81. The largest absolute Gasteiger partial charge is 0.255 e. The SMILES string of the molecule is Cc1cccc(N=C2NN=C(c3cc(F)ccc3F)CS2)c1. The van der Waals surface area contributed by atoms with Crippen molar-refractivity contribution < 1.29 is 8.78 Å². The summed E-state index contributed by atoms with van der Waals surface area (Å²) in [6.45, 7) is 1.99. The van der Waals surface area contributed by atoms with E-state index in [1.54, 1.807) is 0 Å². The molecule has 22 heavy (non-hydrogen) atoms. The maximum atomic E-state index is 13.7. The zero-order valence-electron chi connectivity index (χ0n) is 11.8. The van der Waals surface area contributed by atoms with Crippen molar-refractivity contribution >= 4 is 28.3 Å². The first-order valence-electron chi connectivity index (χ1n) is 6.68. The Bertz CT molecular complexity index is 772. The highest BCUT2D eigenvalue weighted by molar-refractivity contribution is 8.14. The summed E-state index contributed by atoms with van der Waals surface area (Å²) in [4.78, 5) is 4.44. The van der Waals surface area contributed by atoms with E-state index in [0.717, 1.165) is 29.4 Å². The van der Waals surface area contributed by atoms with Crippen LogP contribution >= 0.6 is 11.8 Å². The van der Waals surface area contributed by atoms with Gasteiger partial charge in [0, 0.05) is 11.3 Å². The number of hydrazone groups is 1. The molecule has 1 heterocycles. The van der Waals surface area contributed by atoms with Crippen LogP contribution in [0.15, 0.2) is 52.6 Å². The predicted molar refractivity (Wildman–Crippen MR) is 86.8 cm³/mol. The normalized spacial score (nSPS) is 16.3. The zero-order valence-corrected chi connectivity index (χ0v) is 12.6. The summed E-state index contributed by atoms with van der Waals surface area (Å²) in [5.74, 6) is -0.539. The Morgan fingerprint density at radius 3 is 2.77 bits per heavy atom. The van der Waals surface area contributed by atoms with Crippen LogP contribution in [0.25, 0.3) is 0 Å². The fraction of sp³-hybridized carbons (Fsp3) is 0.125. The van der Waals surface area contributed by atoms with Crippen LogP contribution in [-0.2, 0) is 0 Å². The highest BCUT2D eigenvalue weighted by Gasteiger charge is 2.17. The maximum absolute atomic E-state index is 13.7. The third-order valence-corrected chi connectivity index (χ3v) is 3.98. The van der Waals surface area contributed by atoms with Gasteiger partial charge in [-0.15, -0.1) is 0 Å². The van der Waals surface area contributed by atoms with Crippen LogP contribution in [0.3, 0.4) is 0 Å². The molecule has 112 valence electrons. The highest BCUT2D eigenvalue weighted by Crippen LogP contribution is 2.20. The van der Waals surface area contributed by atoms with Crippen molar-refractivity contribution in [2.75, 3.05) is 5.75 Å². The molecule has 1 N–H and O–H groups in total. The number of hydrogen-bond acceptors (Lipinski definition) is 3. The van der Waals surface area contributed by atoms with Crippen LogP contribution in [0.2, 0.25) is 0 Å². The summed E-state index contributed by atoms with van der Waals surface area (Å²) in [5.41, 5.74) is 5.38. The van der Waals surface area contributed by atoms with E-state index in [9.17, 15) is 8.78 Å². The zero-order chi connectivity index (χ0) is 15.5. The van der Waals surface area contributed by atoms with E-state index in [2.05, 4.69) is 15.5 Å². The number of benzene rings is 2. The number of aryl methyl sites for hydroxylation is 1. The van der Waals surface area contributed by atoms with Gasteiger partial charge in [-0.25, -0.2) is 13.8 Å². The minimum absolute atomic E-state index is 0.176. The predicted octanol–water partition coefficient (Wildman–Crippen LogP) is 4.00. The van der Waals surface area contributed by atoms with Crippen molar-refractivity contribution in [3.63, 3.8) is 0 Å². The van der Waals surface area contributed by atoms with E-state index in [-0.39, 0.29) is 5.56 Å². The molecule has 0 saturated heterocycles. The Hall–Kier alpha value is -2.21. The van der Waals surface area contributed by atoms with Crippen LogP contribution in [-0.4, -0.2) is 16.6 Å². The molecule has 0 bridgehead atoms. The number of nitrogens with one attached hydrogen (secondary N) is 1. The number of halogens is 2. The van der Waals surface area contributed by atoms with E-state index in [4.69, 9.17) is 0 Å². The highest BCUT2D eigenvalue weighted by atomic mass is 32.2. The summed E-state index contributed by atoms with van der Waals surface area (Å²) in [6.07, 6.45) is 0. The molecule has 0 unspecified atom stereocenters. The van der Waals surface area contributed by atoms with E-state index >= 15 is 0 Å². The second kappa shape index (κ2) is 6.27. The molecule has 2 aromatic rings. The summed E-state index contributed by atoms with van der Waals surface area (Å²) >= 11 is 1.40. The van der Waals surface area contributed by atoms with Crippen LogP contribution in [0.4, 0.5) is 14.5 Å². The fourth-order valence-corrected chi connectivity index (χ4v) is 2.82. The Morgan fingerprint density at radius 2 is 2.05 bits per heavy atom. The van der Waals surface area contributed by atoms with Crippen molar-refractivity contribution in [3.8, 4) is 0 Å². The molecule has 3 nitrogen and oxygen atoms in total. The van der Waals surface area contributed by atoms with Gasteiger partial charge in [-0.3, -0.25) is 5.43 Å². The molecule has 1 aliphatic rings. The first kappa shape index (κ1) is 14.7. The number of thioether (sulfide) groups is 1. The van der Waals surface area contributed by atoms with E-state index in [1.165, 1.54) is 11.8 Å². The number of nitrogens with zero attached hydrogens (tertiary/aromatic N) is 2. The third-order valence-electron chi connectivity index (χ3n) is 3.10. The number of amidine groups is 1. The van der Waals surface area contributed by atoms with Gasteiger partial charge in [-0.2, -0.15) is 5.10 Å². The fourth-order valence-electron chi connectivity index (χ4n) is 2.05. The van der Waals surface area contributed by atoms with Gasteiger partial charge in [-0.05, 0) is 42.8 Å². The third kappa shape index (κ3) is 3.33. The lowest BCUT2D eigenvalue weighted by Crippen LogP contribution is -2.25. The summed E-state index contributed by atoms with van der Waals surface area (Å²) in [7, 11) is 0. The number of hydrogen-bond donors (Lipinski definition) is 1. The van der Waals surface area contributed by atoms with Crippen molar-refractivity contribution in [2.24, 2.45) is 10.1 Å². The molecule has 0 spiro atoms. The molecule has 3 rings (SSSR count). The molecule has 0 atom stereocenters. The lowest BCUT2D eigenvalue weighted by atomic mass is 10.1. The molecule has 0 saturated carbocycles. The monoisotopic (exact) mass is 317 g/mol. The molecule has 0 amide bonds. The molecule has 2 aromatic carbocycles. The molecular weight excluding hydrogens is 304 g/mol. The lowest BCUT2D eigenvalue weighted by molar-refractivity contribution is 0.598. The summed E-state index contributed by atoms with van der Waals surface area (Å²) in [5, 5.41) is 4.74. The number of rotatable bonds is 2. The van der Waals surface area contributed by atoms with Crippen molar-refractivity contribution in [2.45, 2.75) is 6.92 Å². The van der Waals surface area contributed by atoms with E-state index in [1.807, 2.05) is 31.2 Å². The van der Waals surface area contributed by atoms with Gasteiger partial charge in [0.1, 0.15) is 11.6 Å². The number of aliphatic imine (C=N–C) groups is 1. The van der Waals surface area contributed by atoms with Crippen LogP contribution < -0.4 is 5.43 Å². The average molecular weight is 317 g/mol. The topological polar surface area (TPSA) is 36.8 Å².